The molecule has 1 heterocycles. The van der Waals surface area contributed by atoms with E-state index in [4.69, 9.17) is 12.2 Å². The molecule has 0 saturated heterocycles. The fourth-order valence-corrected chi connectivity index (χ4v) is 2.92. The number of rotatable bonds is 1. The summed E-state index contributed by atoms with van der Waals surface area (Å²) in [7, 11) is 0. The summed E-state index contributed by atoms with van der Waals surface area (Å²) in [5.74, 6) is -0.939. The molecule has 0 bridgehead atoms. The Labute approximate surface area is 108 Å². The van der Waals surface area contributed by atoms with Crippen LogP contribution in [0, 0.1) is 16.4 Å². The molecule has 18 heavy (non-hydrogen) atoms. The largest absolute Gasteiger partial charge is 0.337 e. The highest BCUT2D eigenvalue weighted by Gasteiger charge is 2.23. The van der Waals surface area contributed by atoms with Crippen molar-refractivity contribution in [1.82, 2.24) is 9.55 Å². The Morgan fingerprint density at radius 3 is 2.89 bits per heavy atom. The SMILES string of the molecule is Fc1cc(F)c2c(c1)C[C@@H](n1cc[nH]c1=S)CC2. The predicted octanol–water partition coefficient (Wildman–Crippen LogP) is 3.55. The van der Waals surface area contributed by atoms with E-state index in [1.54, 1.807) is 6.20 Å². The Morgan fingerprint density at radius 2 is 2.17 bits per heavy atom. The van der Waals surface area contributed by atoms with E-state index in [2.05, 4.69) is 4.98 Å². The first-order valence-corrected chi connectivity index (χ1v) is 6.28. The van der Waals surface area contributed by atoms with Crippen molar-refractivity contribution < 1.29 is 8.78 Å². The van der Waals surface area contributed by atoms with Crippen LogP contribution >= 0.6 is 12.2 Å². The van der Waals surface area contributed by atoms with Gasteiger partial charge < -0.3 is 9.55 Å². The van der Waals surface area contributed by atoms with Gasteiger partial charge in [0.1, 0.15) is 11.6 Å². The molecule has 1 N–H and O–H groups in total. The van der Waals surface area contributed by atoms with E-state index in [0.29, 0.717) is 23.2 Å². The maximum absolute atomic E-state index is 13.6. The quantitative estimate of drug-likeness (QED) is 0.783. The molecule has 0 unspecified atom stereocenters. The van der Waals surface area contributed by atoms with Crippen LogP contribution < -0.4 is 0 Å². The summed E-state index contributed by atoms with van der Waals surface area (Å²) in [6.07, 6.45) is 5.73. The van der Waals surface area contributed by atoms with E-state index in [1.807, 2.05) is 10.8 Å². The van der Waals surface area contributed by atoms with Crippen molar-refractivity contribution in [3.63, 3.8) is 0 Å². The topological polar surface area (TPSA) is 20.7 Å². The first kappa shape index (κ1) is 11.6. The zero-order chi connectivity index (χ0) is 12.7. The number of fused-ring (bicyclic) bond motifs is 1. The van der Waals surface area contributed by atoms with Gasteiger partial charge in [-0.15, -0.1) is 0 Å². The highest BCUT2D eigenvalue weighted by Crippen LogP contribution is 2.31. The molecule has 2 nitrogen and oxygen atoms in total. The lowest BCUT2D eigenvalue weighted by atomic mass is 9.87. The number of aromatic amines is 1. The van der Waals surface area contributed by atoms with E-state index in [-0.39, 0.29) is 6.04 Å². The highest BCUT2D eigenvalue weighted by molar-refractivity contribution is 7.71. The van der Waals surface area contributed by atoms with E-state index in [9.17, 15) is 8.78 Å². The Morgan fingerprint density at radius 1 is 1.33 bits per heavy atom. The molecule has 1 aromatic carbocycles. The van der Waals surface area contributed by atoms with Crippen LogP contribution in [-0.2, 0) is 12.8 Å². The third-order valence-corrected chi connectivity index (χ3v) is 3.83. The first-order valence-electron chi connectivity index (χ1n) is 5.87. The maximum Gasteiger partial charge on any atom is 0.177 e. The summed E-state index contributed by atoms with van der Waals surface area (Å²) < 4.78 is 29.5. The van der Waals surface area contributed by atoms with Gasteiger partial charge in [0, 0.05) is 24.5 Å². The fraction of sp³-hybridized carbons (Fsp3) is 0.308. The molecule has 0 amide bonds. The second-order valence-corrected chi connectivity index (χ2v) is 4.98. The predicted molar refractivity (Wildman–Crippen MR) is 67.0 cm³/mol. The molecule has 2 aromatic rings. The molecule has 0 fully saturated rings. The summed E-state index contributed by atoms with van der Waals surface area (Å²) in [4.78, 5) is 2.94. The lowest BCUT2D eigenvalue weighted by Crippen LogP contribution is -2.19. The van der Waals surface area contributed by atoms with Crippen LogP contribution in [0.2, 0.25) is 0 Å². The molecule has 0 radical (unpaired) electrons. The van der Waals surface area contributed by atoms with Crippen molar-refractivity contribution in [3.8, 4) is 0 Å². The van der Waals surface area contributed by atoms with Gasteiger partial charge in [-0.2, -0.15) is 0 Å². The lowest BCUT2D eigenvalue weighted by Gasteiger charge is -2.26. The van der Waals surface area contributed by atoms with E-state index < -0.39 is 11.6 Å². The Balaban J connectivity index is 1.99. The van der Waals surface area contributed by atoms with Crippen LogP contribution in [0.4, 0.5) is 8.78 Å². The van der Waals surface area contributed by atoms with Crippen LogP contribution in [-0.4, -0.2) is 9.55 Å². The molecule has 94 valence electrons. The summed E-state index contributed by atoms with van der Waals surface area (Å²) in [6, 6.07) is 2.57. The van der Waals surface area contributed by atoms with Crippen molar-refractivity contribution in [2.75, 3.05) is 0 Å². The van der Waals surface area contributed by atoms with Gasteiger partial charge in [0.15, 0.2) is 4.77 Å². The minimum atomic E-state index is -0.510. The average Bonchev–Trinajstić information content (AvgIpc) is 2.74. The third-order valence-electron chi connectivity index (χ3n) is 3.51. The smallest absolute Gasteiger partial charge is 0.177 e. The Bertz CT molecular complexity index is 645. The van der Waals surface area contributed by atoms with Crippen LogP contribution in [0.1, 0.15) is 23.6 Å². The Kier molecular flexibility index (Phi) is 2.78. The van der Waals surface area contributed by atoms with Crippen molar-refractivity contribution in [3.05, 3.63) is 52.1 Å². The van der Waals surface area contributed by atoms with Gasteiger partial charge in [-0.3, -0.25) is 0 Å². The molecular weight excluding hydrogens is 254 g/mol. The number of aromatic nitrogens is 2. The number of nitrogens with one attached hydrogen (secondary N) is 1. The number of imidazole rings is 1. The van der Waals surface area contributed by atoms with Gasteiger partial charge in [-0.05, 0) is 48.7 Å². The average molecular weight is 266 g/mol. The number of hydrogen-bond acceptors (Lipinski definition) is 1. The van der Waals surface area contributed by atoms with Gasteiger partial charge in [-0.1, -0.05) is 0 Å². The van der Waals surface area contributed by atoms with Crippen LogP contribution in [0.3, 0.4) is 0 Å². The minimum Gasteiger partial charge on any atom is -0.337 e. The highest BCUT2D eigenvalue weighted by atomic mass is 32.1. The minimum absolute atomic E-state index is 0.178. The number of hydrogen-bond donors (Lipinski definition) is 1. The molecular formula is C13H12F2N2S. The van der Waals surface area contributed by atoms with Gasteiger partial charge in [0.05, 0.1) is 0 Å². The molecule has 0 spiro atoms. The molecule has 5 heteroatoms. The molecule has 3 rings (SSSR count). The summed E-state index contributed by atoms with van der Waals surface area (Å²) in [5, 5.41) is 0. The van der Waals surface area contributed by atoms with Crippen LogP contribution in [0.15, 0.2) is 24.5 Å². The third kappa shape index (κ3) is 1.88. The molecule has 0 aliphatic heterocycles. The summed E-state index contributed by atoms with van der Waals surface area (Å²) in [5.41, 5.74) is 1.40. The maximum atomic E-state index is 13.6. The molecule has 1 aliphatic rings. The van der Waals surface area contributed by atoms with Crippen LogP contribution in [0.5, 0.6) is 0 Å². The summed E-state index contributed by atoms with van der Waals surface area (Å²) >= 11 is 5.18. The molecule has 0 saturated carbocycles. The van der Waals surface area contributed by atoms with E-state index in [1.165, 1.54) is 6.07 Å². The molecule has 1 aromatic heterocycles. The second-order valence-electron chi connectivity index (χ2n) is 4.59. The van der Waals surface area contributed by atoms with E-state index >= 15 is 0 Å². The van der Waals surface area contributed by atoms with Gasteiger partial charge in [0.25, 0.3) is 0 Å². The van der Waals surface area contributed by atoms with Crippen molar-refractivity contribution in [1.29, 1.82) is 0 Å². The van der Waals surface area contributed by atoms with Gasteiger partial charge in [-0.25, -0.2) is 8.78 Å². The monoisotopic (exact) mass is 266 g/mol. The zero-order valence-electron chi connectivity index (χ0n) is 9.62. The van der Waals surface area contributed by atoms with Gasteiger partial charge in [0.2, 0.25) is 0 Å². The number of benzene rings is 1. The molecule has 1 aliphatic carbocycles. The second kappa shape index (κ2) is 4.31. The number of halogens is 2. The molecule has 1 atom stereocenters. The van der Waals surface area contributed by atoms with Crippen molar-refractivity contribution in [2.24, 2.45) is 0 Å². The number of H-pyrrole nitrogens is 1. The lowest BCUT2D eigenvalue weighted by molar-refractivity contribution is 0.425. The van der Waals surface area contributed by atoms with Crippen LogP contribution in [0.25, 0.3) is 0 Å². The Hall–Kier alpha value is -1.49. The van der Waals surface area contributed by atoms with Crippen molar-refractivity contribution >= 4 is 12.2 Å². The number of nitrogens with zero attached hydrogens (tertiary/aromatic N) is 1. The summed E-state index contributed by atoms with van der Waals surface area (Å²) in [6.45, 7) is 0. The fourth-order valence-electron chi connectivity index (χ4n) is 2.64. The normalized spacial score (nSPS) is 18.7. The zero-order valence-corrected chi connectivity index (χ0v) is 10.4. The standard InChI is InChI=1S/C13H12F2N2S/c14-9-5-8-6-10(17-4-3-16-13(17)18)1-2-11(8)12(15)7-9/h3-5,7,10H,1-2,6H2,(H,16,18)/t10-/m0/s1. The van der Waals surface area contributed by atoms with E-state index in [0.717, 1.165) is 18.1 Å². The first-order chi connectivity index (χ1) is 8.65. The van der Waals surface area contributed by atoms with Crippen molar-refractivity contribution in [2.45, 2.75) is 25.3 Å². The van der Waals surface area contributed by atoms with Gasteiger partial charge >= 0.3 is 0 Å².